The maximum Gasteiger partial charge on any atom is 0.192 e. The summed E-state index contributed by atoms with van der Waals surface area (Å²) in [6.45, 7) is 7.10. The van der Waals surface area contributed by atoms with Gasteiger partial charge in [0.15, 0.2) is 8.32 Å². The molecule has 0 aliphatic heterocycles. The Balaban J connectivity index is 2.01. The van der Waals surface area contributed by atoms with Crippen LogP contribution in [-0.2, 0) is 11.5 Å². The molecule has 0 amide bonds. The third-order valence-electron chi connectivity index (χ3n) is 7.33. The van der Waals surface area contributed by atoms with Crippen molar-refractivity contribution in [1.29, 1.82) is 0 Å². The summed E-state index contributed by atoms with van der Waals surface area (Å²) in [6, 6.07) is 3.73. The number of hydrogen-bond acceptors (Lipinski definition) is 2. The van der Waals surface area contributed by atoms with Crippen molar-refractivity contribution in [2.75, 3.05) is 0 Å². The molecule has 1 saturated carbocycles. The third kappa shape index (κ3) is 4.59. The van der Waals surface area contributed by atoms with Gasteiger partial charge >= 0.3 is 0 Å². The lowest BCUT2D eigenvalue weighted by Crippen LogP contribution is -2.44. The molecule has 1 aromatic heterocycles. The fourth-order valence-electron chi connectivity index (χ4n) is 5.31. The molecule has 2 aliphatic rings. The van der Waals surface area contributed by atoms with Gasteiger partial charge in [0.05, 0.1) is 6.10 Å². The molecule has 0 aromatic carbocycles. The Morgan fingerprint density at radius 1 is 1.04 bits per heavy atom. The van der Waals surface area contributed by atoms with E-state index in [0.29, 0.717) is 6.10 Å². The van der Waals surface area contributed by atoms with Gasteiger partial charge in [0, 0.05) is 19.4 Å². The second-order valence-corrected chi connectivity index (χ2v) is 13.5. The lowest BCUT2D eigenvalue weighted by molar-refractivity contribution is 0.122. The van der Waals surface area contributed by atoms with Gasteiger partial charge in [-0.15, -0.1) is 0 Å². The Kier molecular flexibility index (Phi) is 7.38. The first-order chi connectivity index (χ1) is 13.1. The highest BCUT2D eigenvalue weighted by molar-refractivity contribution is 6.73. The van der Waals surface area contributed by atoms with E-state index in [1.165, 1.54) is 87.3 Å². The fourth-order valence-corrected chi connectivity index (χ4v) is 8.19. The molecule has 1 fully saturated rings. The van der Waals surface area contributed by atoms with E-state index < -0.39 is 8.32 Å². The molecule has 0 radical (unpaired) electrons. The molecule has 0 N–H and O–H groups in total. The standard InChI is InChI=1S/C23H40N2OSi/c1-5-27(6-2,7-3)26-22(19-13-9-8-10-14-19)20-15-11-12-16-21(20)23-24-17-18-25(23)4/h17-19,22H,5-16H2,1-4H3. The van der Waals surface area contributed by atoms with Crippen LogP contribution in [0, 0.1) is 5.92 Å². The van der Waals surface area contributed by atoms with E-state index in [2.05, 4.69) is 38.6 Å². The number of hydrogen-bond donors (Lipinski definition) is 0. The minimum atomic E-state index is -1.64. The molecule has 1 unspecified atom stereocenters. The van der Waals surface area contributed by atoms with E-state index in [1.54, 1.807) is 5.57 Å². The van der Waals surface area contributed by atoms with Gasteiger partial charge in [-0.1, -0.05) is 40.0 Å². The predicted molar refractivity (Wildman–Crippen MR) is 117 cm³/mol. The Morgan fingerprint density at radius 2 is 1.70 bits per heavy atom. The van der Waals surface area contributed by atoms with Crippen LogP contribution in [0.3, 0.4) is 0 Å². The first-order valence-corrected chi connectivity index (χ1v) is 14.0. The molecule has 1 atom stereocenters. The van der Waals surface area contributed by atoms with Crippen molar-refractivity contribution < 1.29 is 4.43 Å². The van der Waals surface area contributed by atoms with Crippen LogP contribution in [0.2, 0.25) is 18.1 Å². The second-order valence-electron chi connectivity index (χ2n) is 8.75. The lowest BCUT2D eigenvalue weighted by Gasteiger charge is -2.41. The van der Waals surface area contributed by atoms with Gasteiger partial charge in [-0.2, -0.15) is 0 Å². The Hall–Kier alpha value is -0.873. The monoisotopic (exact) mass is 388 g/mol. The lowest BCUT2D eigenvalue weighted by atomic mass is 9.78. The maximum absolute atomic E-state index is 7.28. The van der Waals surface area contributed by atoms with Crippen molar-refractivity contribution in [3.05, 3.63) is 23.8 Å². The molecule has 152 valence electrons. The molecule has 1 aromatic rings. The van der Waals surface area contributed by atoms with Crippen LogP contribution in [0.15, 0.2) is 18.0 Å². The minimum Gasteiger partial charge on any atom is -0.410 e. The third-order valence-corrected chi connectivity index (χ3v) is 12.0. The maximum atomic E-state index is 7.28. The highest BCUT2D eigenvalue weighted by Gasteiger charge is 2.38. The van der Waals surface area contributed by atoms with Crippen molar-refractivity contribution >= 4 is 13.9 Å². The molecule has 3 rings (SSSR count). The summed E-state index contributed by atoms with van der Waals surface area (Å²) in [7, 11) is 0.502. The van der Waals surface area contributed by atoms with E-state index in [-0.39, 0.29) is 0 Å². The summed E-state index contributed by atoms with van der Waals surface area (Å²) in [6.07, 6.45) is 16.3. The zero-order valence-electron chi connectivity index (χ0n) is 18.1. The molecule has 0 bridgehead atoms. The van der Waals surface area contributed by atoms with Crippen molar-refractivity contribution in [2.24, 2.45) is 13.0 Å². The highest BCUT2D eigenvalue weighted by atomic mass is 28.4. The molecule has 0 saturated heterocycles. The predicted octanol–water partition coefficient (Wildman–Crippen LogP) is 6.72. The summed E-state index contributed by atoms with van der Waals surface area (Å²) in [5, 5.41) is 0. The van der Waals surface area contributed by atoms with Crippen molar-refractivity contribution in [2.45, 2.75) is 103 Å². The number of rotatable bonds is 8. The number of allylic oxidation sites excluding steroid dienone is 1. The minimum absolute atomic E-state index is 0.351. The quantitative estimate of drug-likeness (QED) is 0.462. The Bertz CT molecular complexity index is 618. The van der Waals surface area contributed by atoms with Gasteiger partial charge in [-0.3, -0.25) is 0 Å². The van der Waals surface area contributed by atoms with E-state index in [9.17, 15) is 0 Å². The van der Waals surface area contributed by atoms with Crippen LogP contribution in [-0.4, -0.2) is 24.0 Å². The molecule has 3 nitrogen and oxygen atoms in total. The number of aromatic nitrogens is 2. The highest BCUT2D eigenvalue weighted by Crippen LogP contribution is 2.42. The van der Waals surface area contributed by atoms with Crippen molar-refractivity contribution in [3.63, 3.8) is 0 Å². The van der Waals surface area contributed by atoms with Gasteiger partial charge in [0.1, 0.15) is 5.82 Å². The molecular formula is C23H40N2OSi. The Morgan fingerprint density at radius 3 is 2.30 bits per heavy atom. The van der Waals surface area contributed by atoms with Gasteiger partial charge in [-0.25, -0.2) is 4.98 Å². The summed E-state index contributed by atoms with van der Waals surface area (Å²) < 4.78 is 9.49. The van der Waals surface area contributed by atoms with Gasteiger partial charge in [0.25, 0.3) is 0 Å². The van der Waals surface area contributed by atoms with E-state index in [0.717, 1.165) is 5.92 Å². The van der Waals surface area contributed by atoms with E-state index in [1.807, 2.05) is 6.20 Å². The molecule has 4 heteroatoms. The SMILES string of the molecule is CC[Si](CC)(CC)OC(C1=C(c2nccn2C)CCCC1)C1CCCCC1. The smallest absolute Gasteiger partial charge is 0.192 e. The van der Waals surface area contributed by atoms with Crippen molar-refractivity contribution in [3.8, 4) is 0 Å². The molecule has 2 aliphatic carbocycles. The molecule has 27 heavy (non-hydrogen) atoms. The van der Waals surface area contributed by atoms with Crippen LogP contribution >= 0.6 is 0 Å². The van der Waals surface area contributed by atoms with Crippen LogP contribution in [0.25, 0.3) is 5.57 Å². The van der Waals surface area contributed by atoms with Crippen LogP contribution in [0.5, 0.6) is 0 Å². The van der Waals surface area contributed by atoms with Gasteiger partial charge < -0.3 is 8.99 Å². The summed E-state index contributed by atoms with van der Waals surface area (Å²) in [5.74, 6) is 1.91. The topological polar surface area (TPSA) is 27.1 Å². The average molecular weight is 389 g/mol. The Labute approximate surface area is 167 Å². The van der Waals surface area contributed by atoms with Gasteiger partial charge in [-0.05, 0) is 73.7 Å². The summed E-state index contributed by atoms with van der Waals surface area (Å²) in [4.78, 5) is 4.74. The number of imidazole rings is 1. The van der Waals surface area contributed by atoms with Crippen LogP contribution in [0.1, 0.15) is 84.4 Å². The largest absolute Gasteiger partial charge is 0.410 e. The van der Waals surface area contributed by atoms with E-state index in [4.69, 9.17) is 9.41 Å². The molecule has 1 heterocycles. The molecular weight excluding hydrogens is 348 g/mol. The number of nitrogens with zero attached hydrogens (tertiary/aromatic N) is 2. The summed E-state index contributed by atoms with van der Waals surface area (Å²) >= 11 is 0. The van der Waals surface area contributed by atoms with Gasteiger partial charge in [0.2, 0.25) is 0 Å². The zero-order valence-corrected chi connectivity index (χ0v) is 19.1. The normalized spacial score (nSPS) is 20.9. The van der Waals surface area contributed by atoms with Crippen LogP contribution in [0.4, 0.5) is 0 Å². The first-order valence-electron chi connectivity index (χ1n) is 11.5. The first kappa shape index (κ1) is 20.9. The average Bonchev–Trinajstić information content (AvgIpc) is 3.16. The van der Waals surface area contributed by atoms with Crippen molar-refractivity contribution in [1.82, 2.24) is 9.55 Å². The van der Waals surface area contributed by atoms with E-state index >= 15 is 0 Å². The number of aryl methyl sites for hydroxylation is 1. The molecule has 0 spiro atoms. The summed E-state index contributed by atoms with van der Waals surface area (Å²) in [5.41, 5.74) is 3.13. The fraction of sp³-hybridized carbons (Fsp3) is 0.783. The van der Waals surface area contributed by atoms with Crippen LogP contribution < -0.4 is 0 Å². The second kappa shape index (κ2) is 9.55. The zero-order chi connectivity index (χ0) is 19.3.